The van der Waals surface area contributed by atoms with Gasteiger partial charge in [0.2, 0.25) is 0 Å². The van der Waals surface area contributed by atoms with Crippen molar-refractivity contribution in [1.29, 1.82) is 0 Å². The highest BCUT2D eigenvalue weighted by Gasteiger charge is 2.31. The average molecular weight is 256 g/mol. The molecule has 0 aromatic heterocycles. The maximum atomic E-state index is 12.3. The van der Waals surface area contributed by atoms with Gasteiger partial charge in [0.05, 0.1) is 13.2 Å². The molecule has 0 aliphatic heterocycles. The maximum Gasteiger partial charge on any atom is 0.401 e. The first-order chi connectivity index (χ1) is 7.78. The molecule has 0 aromatic carbocycles. The molecule has 0 aliphatic carbocycles. The summed E-state index contributed by atoms with van der Waals surface area (Å²) < 4.78 is 37.0. The lowest BCUT2D eigenvalue weighted by atomic mass is 10.2. The Morgan fingerprint density at radius 2 is 1.88 bits per heavy atom. The van der Waals surface area contributed by atoms with Gasteiger partial charge in [-0.05, 0) is 13.0 Å². The summed E-state index contributed by atoms with van der Waals surface area (Å²) in [7, 11) is 0. The monoisotopic (exact) mass is 256 g/mol. The van der Waals surface area contributed by atoms with E-state index in [0.29, 0.717) is 13.0 Å². The molecule has 0 saturated carbocycles. The zero-order valence-electron chi connectivity index (χ0n) is 10.7. The van der Waals surface area contributed by atoms with Gasteiger partial charge in [-0.15, -0.1) is 0 Å². The third-order valence-corrected chi connectivity index (χ3v) is 2.21. The standard InChI is InChI=1S/C11H23F3N2O/c1-4-5-16(8-11(12,13)14)6-10(7-17)15-9(2)3/h9-10,15,17H,4-8H2,1-3H3. The van der Waals surface area contributed by atoms with Gasteiger partial charge in [0.1, 0.15) is 0 Å². The van der Waals surface area contributed by atoms with Crippen LogP contribution in [0.25, 0.3) is 0 Å². The minimum Gasteiger partial charge on any atom is -0.395 e. The molecular formula is C11H23F3N2O. The molecule has 0 radical (unpaired) electrons. The summed E-state index contributed by atoms with van der Waals surface area (Å²) in [5, 5.41) is 12.2. The molecule has 1 atom stereocenters. The van der Waals surface area contributed by atoms with Crippen molar-refractivity contribution in [1.82, 2.24) is 10.2 Å². The minimum atomic E-state index is -4.19. The summed E-state index contributed by atoms with van der Waals surface area (Å²) >= 11 is 0. The van der Waals surface area contributed by atoms with Crippen LogP contribution in [0.2, 0.25) is 0 Å². The number of rotatable bonds is 8. The van der Waals surface area contributed by atoms with Crippen LogP contribution in [0.3, 0.4) is 0 Å². The molecule has 104 valence electrons. The molecule has 0 bridgehead atoms. The largest absolute Gasteiger partial charge is 0.401 e. The summed E-state index contributed by atoms with van der Waals surface area (Å²) in [6.07, 6.45) is -3.52. The molecule has 1 unspecified atom stereocenters. The van der Waals surface area contributed by atoms with Crippen LogP contribution in [0.1, 0.15) is 27.2 Å². The Morgan fingerprint density at radius 3 is 2.24 bits per heavy atom. The summed E-state index contributed by atoms with van der Waals surface area (Å²) in [5.41, 5.74) is 0. The number of nitrogens with one attached hydrogen (secondary N) is 1. The van der Waals surface area contributed by atoms with Crippen LogP contribution in [0.15, 0.2) is 0 Å². The number of hydrogen-bond acceptors (Lipinski definition) is 3. The van der Waals surface area contributed by atoms with Gasteiger partial charge in [0, 0.05) is 18.6 Å². The predicted octanol–water partition coefficient (Wildman–Crippen LogP) is 1.62. The average Bonchev–Trinajstić information content (AvgIpc) is 2.13. The van der Waals surface area contributed by atoms with Crippen molar-refractivity contribution in [2.45, 2.75) is 45.5 Å². The second-order valence-electron chi connectivity index (χ2n) is 4.55. The zero-order valence-corrected chi connectivity index (χ0v) is 10.7. The number of halogens is 3. The normalized spacial score (nSPS) is 14.6. The fourth-order valence-corrected chi connectivity index (χ4v) is 1.75. The number of hydrogen-bond donors (Lipinski definition) is 2. The molecule has 0 heterocycles. The van der Waals surface area contributed by atoms with Crippen LogP contribution >= 0.6 is 0 Å². The van der Waals surface area contributed by atoms with Crippen molar-refractivity contribution >= 4 is 0 Å². The van der Waals surface area contributed by atoms with E-state index in [9.17, 15) is 13.2 Å². The van der Waals surface area contributed by atoms with E-state index in [1.165, 1.54) is 4.90 Å². The first-order valence-electron chi connectivity index (χ1n) is 5.94. The maximum absolute atomic E-state index is 12.3. The van der Waals surface area contributed by atoms with E-state index >= 15 is 0 Å². The lowest BCUT2D eigenvalue weighted by Gasteiger charge is -2.28. The quantitative estimate of drug-likeness (QED) is 0.692. The van der Waals surface area contributed by atoms with Crippen molar-refractivity contribution < 1.29 is 18.3 Å². The topological polar surface area (TPSA) is 35.5 Å². The highest BCUT2D eigenvalue weighted by atomic mass is 19.4. The van der Waals surface area contributed by atoms with Gasteiger partial charge >= 0.3 is 6.18 Å². The van der Waals surface area contributed by atoms with E-state index < -0.39 is 12.7 Å². The van der Waals surface area contributed by atoms with Crippen molar-refractivity contribution in [3.05, 3.63) is 0 Å². The Kier molecular flexibility index (Phi) is 7.74. The molecule has 0 fully saturated rings. The van der Waals surface area contributed by atoms with Crippen LogP contribution in [-0.2, 0) is 0 Å². The van der Waals surface area contributed by atoms with E-state index in [1.807, 2.05) is 20.8 Å². The second kappa shape index (κ2) is 7.89. The van der Waals surface area contributed by atoms with Gasteiger partial charge in [-0.3, -0.25) is 4.90 Å². The van der Waals surface area contributed by atoms with E-state index in [2.05, 4.69) is 5.32 Å². The Hall–Kier alpha value is -0.330. The van der Waals surface area contributed by atoms with E-state index in [0.717, 1.165) is 0 Å². The molecule has 0 spiro atoms. The summed E-state index contributed by atoms with van der Waals surface area (Å²) in [5.74, 6) is 0. The van der Waals surface area contributed by atoms with Crippen LogP contribution in [0, 0.1) is 0 Å². The summed E-state index contributed by atoms with van der Waals surface area (Å²) in [6.45, 7) is 5.16. The van der Waals surface area contributed by atoms with Crippen molar-refractivity contribution in [3.63, 3.8) is 0 Å². The lowest BCUT2D eigenvalue weighted by Crippen LogP contribution is -2.48. The highest BCUT2D eigenvalue weighted by molar-refractivity contribution is 4.74. The second-order valence-corrected chi connectivity index (χ2v) is 4.55. The number of nitrogens with zero attached hydrogens (tertiary/aromatic N) is 1. The first kappa shape index (κ1) is 16.7. The van der Waals surface area contributed by atoms with E-state index in [4.69, 9.17) is 5.11 Å². The molecule has 3 nitrogen and oxygen atoms in total. The van der Waals surface area contributed by atoms with Gasteiger partial charge in [0.15, 0.2) is 0 Å². The SMILES string of the molecule is CCCN(CC(CO)NC(C)C)CC(F)(F)F. The summed E-state index contributed by atoms with van der Waals surface area (Å²) in [6, 6.07) is -0.176. The minimum absolute atomic E-state index is 0.140. The highest BCUT2D eigenvalue weighted by Crippen LogP contribution is 2.16. The number of aliphatic hydroxyl groups is 1. The predicted molar refractivity (Wildman–Crippen MR) is 61.9 cm³/mol. The van der Waals surface area contributed by atoms with Crippen LogP contribution in [0.4, 0.5) is 13.2 Å². The van der Waals surface area contributed by atoms with Gasteiger partial charge in [-0.2, -0.15) is 13.2 Å². The van der Waals surface area contributed by atoms with Crippen molar-refractivity contribution in [2.24, 2.45) is 0 Å². The molecule has 0 aliphatic rings. The molecular weight excluding hydrogens is 233 g/mol. The van der Waals surface area contributed by atoms with Crippen molar-refractivity contribution in [2.75, 3.05) is 26.2 Å². The molecule has 0 aromatic rings. The Morgan fingerprint density at radius 1 is 1.29 bits per heavy atom. The Labute approximate surface area is 101 Å². The molecule has 0 rings (SSSR count). The van der Waals surface area contributed by atoms with Gasteiger partial charge < -0.3 is 10.4 Å². The summed E-state index contributed by atoms with van der Waals surface area (Å²) in [4.78, 5) is 1.33. The third-order valence-electron chi connectivity index (χ3n) is 2.21. The van der Waals surface area contributed by atoms with E-state index in [-0.39, 0.29) is 25.2 Å². The Bertz CT molecular complexity index is 198. The van der Waals surface area contributed by atoms with Crippen molar-refractivity contribution in [3.8, 4) is 0 Å². The van der Waals surface area contributed by atoms with Crippen LogP contribution in [0.5, 0.6) is 0 Å². The number of aliphatic hydroxyl groups excluding tert-OH is 1. The smallest absolute Gasteiger partial charge is 0.395 e. The Balaban J connectivity index is 4.29. The fourth-order valence-electron chi connectivity index (χ4n) is 1.75. The van der Waals surface area contributed by atoms with E-state index in [1.54, 1.807) is 0 Å². The number of alkyl halides is 3. The third kappa shape index (κ3) is 9.38. The first-order valence-corrected chi connectivity index (χ1v) is 5.94. The van der Waals surface area contributed by atoms with Gasteiger partial charge in [-0.25, -0.2) is 0 Å². The zero-order chi connectivity index (χ0) is 13.5. The lowest BCUT2D eigenvalue weighted by molar-refractivity contribution is -0.147. The molecule has 17 heavy (non-hydrogen) atoms. The van der Waals surface area contributed by atoms with Gasteiger partial charge in [-0.1, -0.05) is 20.8 Å². The molecule has 0 amide bonds. The van der Waals surface area contributed by atoms with Gasteiger partial charge in [0.25, 0.3) is 0 Å². The molecule has 0 saturated heterocycles. The molecule has 6 heteroatoms. The molecule has 2 N–H and O–H groups in total. The fraction of sp³-hybridized carbons (Fsp3) is 1.00. The van der Waals surface area contributed by atoms with Crippen LogP contribution < -0.4 is 5.32 Å². The van der Waals surface area contributed by atoms with Crippen LogP contribution in [-0.4, -0.2) is 54.5 Å².